The van der Waals surface area contributed by atoms with Gasteiger partial charge in [-0.15, -0.1) is 0 Å². The molecule has 1 rings (SSSR count). The van der Waals surface area contributed by atoms with E-state index >= 15 is 0 Å². The quantitative estimate of drug-likeness (QED) is 0.670. The Labute approximate surface area is 120 Å². The highest BCUT2D eigenvalue weighted by molar-refractivity contribution is 6.12. The maximum Gasteiger partial charge on any atom is 0.253 e. The van der Waals surface area contributed by atoms with Crippen LogP contribution in [-0.2, 0) is 19.1 Å². The van der Waals surface area contributed by atoms with Crippen molar-refractivity contribution in [3.05, 3.63) is 12.2 Å². The number of imide groups is 1. The number of amides is 2. The van der Waals surface area contributed by atoms with Gasteiger partial charge in [0.1, 0.15) is 0 Å². The van der Waals surface area contributed by atoms with Gasteiger partial charge in [-0.25, -0.2) is 0 Å². The Morgan fingerprint density at radius 1 is 0.950 bits per heavy atom. The van der Waals surface area contributed by atoms with Crippen molar-refractivity contribution >= 4 is 11.8 Å². The maximum absolute atomic E-state index is 11.4. The second-order valence-electron chi connectivity index (χ2n) is 6.48. The van der Waals surface area contributed by atoms with E-state index < -0.39 is 0 Å². The van der Waals surface area contributed by atoms with Crippen LogP contribution in [0.15, 0.2) is 12.2 Å². The molecule has 0 spiro atoms. The van der Waals surface area contributed by atoms with Crippen molar-refractivity contribution < 1.29 is 19.1 Å². The maximum atomic E-state index is 11.4. The second kappa shape index (κ2) is 6.50. The van der Waals surface area contributed by atoms with Crippen molar-refractivity contribution in [3.8, 4) is 0 Å². The number of carbonyl (C=O) groups excluding carboxylic acids is 2. The molecule has 20 heavy (non-hydrogen) atoms. The Hall–Kier alpha value is -1.20. The van der Waals surface area contributed by atoms with Crippen molar-refractivity contribution in [3.63, 3.8) is 0 Å². The molecule has 0 atom stereocenters. The summed E-state index contributed by atoms with van der Waals surface area (Å²) in [6.07, 6.45) is 3.32. The van der Waals surface area contributed by atoms with E-state index in [1.807, 2.05) is 34.6 Å². The van der Waals surface area contributed by atoms with Gasteiger partial charge in [-0.05, 0) is 41.0 Å². The zero-order chi connectivity index (χ0) is 15.4. The highest BCUT2D eigenvalue weighted by atomic mass is 16.5. The zero-order valence-corrected chi connectivity index (χ0v) is 13.1. The van der Waals surface area contributed by atoms with Crippen LogP contribution in [0.1, 0.15) is 41.0 Å². The Morgan fingerprint density at radius 2 is 1.50 bits per heavy atom. The van der Waals surface area contributed by atoms with Crippen molar-refractivity contribution in [2.24, 2.45) is 0 Å². The van der Waals surface area contributed by atoms with Crippen LogP contribution in [-0.4, -0.2) is 47.7 Å². The van der Waals surface area contributed by atoms with E-state index in [0.29, 0.717) is 13.2 Å². The summed E-state index contributed by atoms with van der Waals surface area (Å²) in [5.74, 6) is -0.542. The fraction of sp³-hybridized carbons (Fsp3) is 0.733. The fourth-order valence-corrected chi connectivity index (χ4v) is 1.74. The fourth-order valence-electron chi connectivity index (χ4n) is 1.74. The molecule has 5 nitrogen and oxygen atoms in total. The van der Waals surface area contributed by atoms with Gasteiger partial charge >= 0.3 is 0 Å². The minimum Gasteiger partial charge on any atom is -0.376 e. The molecule has 0 aromatic carbocycles. The van der Waals surface area contributed by atoms with Crippen LogP contribution in [0.5, 0.6) is 0 Å². The van der Waals surface area contributed by atoms with Crippen LogP contribution in [0.4, 0.5) is 0 Å². The smallest absolute Gasteiger partial charge is 0.253 e. The topological polar surface area (TPSA) is 55.8 Å². The molecule has 1 aliphatic heterocycles. The Bertz CT molecular complexity index is 375. The largest absolute Gasteiger partial charge is 0.376 e. The predicted octanol–water partition coefficient (Wildman–Crippen LogP) is 1.91. The van der Waals surface area contributed by atoms with E-state index in [9.17, 15) is 9.59 Å². The summed E-state index contributed by atoms with van der Waals surface area (Å²) >= 11 is 0. The van der Waals surface area contributed by atoms with Gasteiger partial charge in [-0.2, -0.15) is 0 Å². The molecule has 0 fully saturated rings. The first kappa shape index (κ1) is 16.9. The standard InChI is InChI=1S/C15H25NO4/c1-14(2,3)19-10-8-15(4,5)20-11-9-16-12(17)6-7-13(16)18/h6-7H,8-11H2,1-5H3. The molecule has 1 heterocycles. The summed E-state index contributed by atoms with van der Waals surface area (Å²) in [6.45, 7) is 11.2. The summed E-state index contributed by atoms with van der Waals surface area (Å²) in [6, 6.07) is 0. The van der Waals surface area contributed by atoms with Crippen molar-refractivity contribution in [2.45, 2.75) is 52.2 Å². The molecule has 5 heteroatoms. The van der Waals surface area contributed by atoms with Crippen LogP contribution in [0.3, 0.4) is 0 Å². The Kier molecular flexibility index (Phi) is 5.48. The van der Waals surface area contributed by atoms with E-state index in [1.165, 1.54) is 17.1 Å². The molecule has 0 unspecified atom stereocenters. The lowest BCUT2D eigenvalue weighted by molar-refractivity contribution is -0.139. The van der Waals surface area contributed by atoms with Crippen LogP contribution in [0, 0.1) is 0 Å². The normalized spacial score (nSPS) is 16.4. The van der Waals surface area contributed by atoms with Crippen LogP contribution >= 0.6 is 0 Å². The molecule has 0 radical (unpaired) electrons. The van der Waals surface area contributed by atoms with Gasteiger partial charge in [0.25, 0.3) is 11.8 Å². The van der Waals surface area contributed by atoms with E-state index in [2.05, 4.69) is 0 Å². The average molecular weight is 283 g/mol. The molecule has 0 aliphatic carbocycles. The third-order valence-corrected chi connectivity index (χ3v) is 2.95. The molecule has 0 bridgehead atoms. The first-order valence-electron chi connectivity index (χ1n) is 6.92. The molecular weight excluding hydrogens is 258 g/mol. The third-order valence-electron chi connectivity index (χ3n) is 2.95. The molecule has 0 aromatic heterocycles. The summed E-state index contributed by atoms with van der Waals surface area (Å²) in [4.78, 5) is 23.9. The first-order chi connectivity index (χ1) is 9.11. The lowest BCUT2D eigenvalue weighted by atomic mass is 10.1. The molecule has 0 saturated heterocycles. The predicted molar refractivity (Wildman–Crippen MR) is 76.2 cm³/mol. The average Bonchev–Trinajstić information content (AvgIpc) is 2.58. The molecule has 0 N–H and O–H groups in total. The van der Waals surface area contributed by atoms with Gasteiger partial charge in [0, 0.05) is 18.8 Å². The van der Waals surface area contributed by atoms with E-state index in [4.69, 9.17) is 9.47 Å². The van der Waals surface area contributed by atoms with Gasteiger partial charge in [-0.3, -0.25) is 14.5 Å². The van der Waals surface area contributed by atoms with E-state index in [-0.39, 0.29) is 29.6 Å². The number of hydrogen-bond donors (Lipinski definition) is 0. The minimum atomic E-state index is -0.343. The monoisotopic (exact) mass is 283 g/mol. The number of carbonyl (C=O) groups is 2. The van der Waals surface area contributed by atoms with Crippen LogP contribution in [0.2, 0.25) is 0 Å². The molecule has 0 saturated carbocycles. The van der Waals surface area contributed by atoms with Crippen LogP contribution < -0.4 is 0 Å². The summed E-state index contributed by atoms with van der Waals surface area (Å²) in [5.41, 5.74) is -0.499. The molecule has 0 aromatic rings. The van der Waals surface area contributed by atoms with Crippen molar-refractivity contribution in [2.75, 3.05) is 19.8 Å². The lowest BCUT2D eigenvalue weighted by Crippen LogP contribution is -2.36. The molecular formula is C15H25NO4. The molecule has 2 amide bonds. The third kappa shape index (κ3) is 5.84. The summed E-state index contributed by atoms with van der Waals surface area (Å²) < 4.78 is 11.4. The van der Waals surface area contributed by atoms with Gasteiger partial charge < -0.3 is 9.47 Å². The van der Waals surface area contributed by atoms with E-state index in [1.54, 1.807) is 0 Å². The van der Waals surface area contributed by atoms with Crippen molar-refractivity contribution in [1.82, 2.24) is 4.90 Å². The summed E-state index contributed by atoms with van der Waals surface area (Å²) in [5, 5.41) is 0. The Morgan fingerprint density at radius 3 is 2.00 bits per heavy atom. The summed E-state index contributed by atoms with van der Waals surface area (Å²) in [7, 11) is 0. The second-order valence-corrected chi connectivity index (χ2v) is 6.48. The number of hydrogen-bond acceptors (Lipinski definition) is 4. The minimum absolute atomic E-state index is 0.157. The van der Waals surface area contributed by atoms with Gasteiger partial charge in [-0.1, -0.05) is 0 Å². The number of ether oxygens (including phenoxy) is 2. The van der Waals surface area contributed by atoms with Crippen LogP contribution in [0.25, 0.3) is 0 Å². The van der Waals surface area contributed by atoms with E-state index in [0.717, 1.165) is 6.42 Å². The molecule has 114 valence electrons. The van der Waals surface area contributed by atoms with Gasteiger partial charge in [0.15, 0.2) is 0 Å². The SMILES string of the molecule is CC(C)(C)OCCC(C)(C)OCCN1C(=O)C=CC1=O. The van der Waals surface area contributed by atoms with Gasteiger partial charge in [0.05, 0.1) is 24.4 Å². The highest BCUT2D eigenvalue weighted by Crippen LogP contribution is 2.17. The molecule has 1 aliphatic rings. The van der Waals surface area contributed by atoms with Crippen molar-refractivity contribution in [1.29, 1.82) is 0 Å². The number of nitrogens with zero attached hydrogens (tertiary/aromatic N) is 1. The zero-order valence-electron chi connectivity index (χ0n) is 13.1. The number of rotatable bonds is 7. The Balaban J connectivity index is 2.26. The lowest BCUT2D eigenvalue weighted by Gasteiger charge is -2.28. The van der Waals surface area contributed by atoms with Gasteiger partial charge in [0.2, 0.25) is 0 Å². The first-order valence-corrected chi connectivity index (χ1v) is 6.92. The highest BCUT2D eigenvalue weighted by Gasteiger charge is 2.25.